The van der Waals surface area contributed by atoms with Gasteiger partial charge in [0.25, 0.3) is 0 Å². The first-order valence-electron chi connectivity index (χ1n) is 6.78. The second-order valence-corrected chi connectivity index (χ2v) is 5.23. The van der Waals surface area contributed by atoms with Crippen molar-refractivity contribution in [2.45, 2.75) is 13.8 Å². The molecule has 0 aromatic carbocycles. The number of hydrogen-bond donors (Lipinski definition) is 1. The van der Waals surface area contributed by atoms with Gasteiger partial charge in [-0.05, 0) is 26.0 Å². The molecular weight excluding hydrogens is 252 g/mol. The molecule has 0 spiro atoms. The lowest BCUT2D eigenvalue weighted by Crippen LogP contribution is -2.50. The molecule has 1 N–H and O–H groups in total. The molecule has 0 unspecified atom stereocenters. The molecule has 1 saturated heterocycles. The number of nitrogens with one attached hydrogen (secondary N) is 1. The Morgan fingerprint density at radius 2 is 2.00 bits per heavy atom. The highest BCUT2D eigenvalue weighted by Crippen LogP contribution is 2.22. The van der Waals surface area contributed by atoms with Gasteiger partial charge in [-0.1, -0.05) is 0 Å². The molecule has 0 radical (unpaired) electrons. The number of hydrogen-bond acceptors (Lipinski definition) is 6. The predicted octanol–water partition coefficient (Wildman–Crippen LogP) is 1.43. The van der Waals surface area contributed by atoms with Crippen LogP contribution in [0.3, 0.4) is 0 Å². The molecule has 0 amide bonds. The van der Waals surface area contributed by atoms with E-state index in [1.165, 1.54) is 0 Å². The Morgan fingerprint density at radius 1 is 1.15 bits per heavy atom. The van der Waals surface area contributed by atoms with E-state index in [0.717, 1.165) is 42.7 Å². The molecule has 6 nitrogen and oxygen atoms in total. The largest absolute Gasteiger partial charge is 0.370 e. The maximum atomic E-state index is 4.20. The zero-order valence-electron chi connectivity index (χ0n) is 11.7. The molecule has 3 rings (SSSR count). The van der Waals surface area contributed by atoms with Gasteiger partial charge in [0.1, 0.15) is 12.1 Å². The molecule has 1 fully saturated rings. The quantitative estimate of drug-likeness (QED) is 0.906. The Kier molecular flexibility index (Phi) is 3.45. The fourth-order valence-corrected chi connectivity index (χ4v) is 2.25. The molecule has 20 heavy (non-hydrogen) atoms. The summed E-state index contributed by atoms with van der Waals surface area (Å²) in [6.45, 7) is 6.85. The van der Waals surface area contributed by atoms with E-state index >= 15 is 0 Å². The average Bonchev–Trinajstić information content (AvgIpc) is 2.39. The van der Waals surface area contributed by atoms with E-state index in [4.69, 9.17) is 0 Å². The van der Waals surface area contributed by atoms with E-state index in [9.17, 15) is 0 Å². The van der Waals surface area contributed by atoms with Gasteiger partial charge in [0, 0.05) is 37.3 Å². The van der Waals surface area contributed by atoms with Crippen LogP contribution in [0.1, 0.15) is 11.4 Å². The lowest BCUT2D eigenvalue weighted by molar-refractivity contribution is 0.425. The van der Waals surface area contributed by atoms with E-state index < -0.39 is 0 Å². The van der Waals surface area contributed by atoms with Gasteiger partial charge in [0.15, 0.2) is 5.82 Å². The highest BCUT2D eigenvalue weighted by atomic mass is 15.3. The molecule has 1 aliphatic heterocycles. The summed E-state index contributed by atoms with van der Waals surface area (Å²) in [7, 11) is 0. The van der Waals surface area contributed by atoms with Crippen LogP contribution < -0.4 is 10.2 Å². The summed E-state index contributed by atoms with van der Waals surface area (Å²) in [5, 5.41) is 11.6. The van der Waals surface area contributed by atoms with E-state index in [1.807, 2.05) is 32.0 Å². The maximum Gasteiger partial charge on any atom is 0.151 e. The van der Waals surface area contributed by atoms with Gasteiger partial charge in [-0.25, -0.2) is 9.97 Å². The number of nitrogens with zero attached hydrogens (tertiary/aromatic N) is 5. The molecule has 0 aliphatic carbocycles. The van der Waals surface area contributed by atoms with Crippen molar-refractivity contribution in [3.05, 3.63) is 35.9 Å². The van der Waals surface area contributed by atoms with Crippen molar-refractivity contribution in [3.63, 3.8) is 0 Å². The first kappa shape index (κ1) is 12.8. The lowest BCUT2D eigenvalue weighted by atomic mass is 10.0. The van der Waals surface area contributed by atoms with Crippen molar-refractivity contribution in [2.75, 3.05) is 29.9 Å². The van der Waals surface area contributed by atoms with Gasteiger partial charge in [0.2, 0.25) is 0 Å². The maximum absolute atomic E-state index is 4.20. The first-order valence-corrected chi connectivity index (χ1v) is 6.78. The standard InChI is InChI=1S/C14H18N6/c1-10-3-4-14(19-18-10)20-7-12(8-20)6-15-13-5-11(2)16-9-17-13/h3-5,9,12H,6-8H2,1-2H3,(H,15,16,17). The molecule has 6 heteroatoms. The predicted molar refractivity (Wildman–Crippen MR) is 77.7 cm³/mol. The van der Waals surface area contributed by atoms with Gasteiger partial charge >= 0.3 is 0 Å². The van der Waals surface area contributed by atoms with Crippen molar-refractivity contribution in [1.82, 2.24) is 20.2 Å². The summed E-state index contributed by atoms with van der Waals surface area (Å²) >= 11 is 0. The summed E-state index contributed by atoms with van der Waals surface area (Å²) in [6, 6.07) is 5.99. The van der Waals surface area contributed by atoms with Crippen molar-refractivity contribution in [1.29, 1.82) is 0 Å². The number of anilines is 2. The van der Waals surface area contributed by atoms with Gasteiger partial charge < -0.3 is 10.2 Å². The SMILES string of the molecule is Cc1cc(NCC2CN(c3ccc(C)nn3)C2)ncn1. The highest BCUT2D eigenvalue weighted by molar-refractivity contribution is 5.41. The Bertz CT molecular complexity index is 576. The summed E-state index contributed by atoms with van der Waals surface area (Å²) in [5.74, 6) is 2.48. The molecule has 0 bridgehead atoms. The van der Waals surface area contributed by atoms with Crippen LogP contribution in [0.5, 0.6) is 0 Å². The minimum atomic E-state index is 0.619. The lowest BCUT2D eigenvalue weighted by Gasteiger charge is -2.40. The highest BCUT2D eigenvalue weighted by Gasteiger charge is 2.27. The van der Waals surface area contributed by atoms with E-state index in [-0.39, 0.29) is 0 Å². The van der Waals surface area contributed by atoms with Crippen molar-refractivity contribution in [2.24, 2.45) is 5.92 Å². The van der Waals surface area contributed by atoms with Gasteiger partial charge in [0.05, 0.1) is 5.69 Å². The molecule has 1 aliphatic rings. The first-order chi connectivity index (χ1) is 9.70. The Balaban J connectivity index is 1.48. The number of aromatic nitrogens is 4. The fraction of sp³-hybridized carbons (Fsp3) is 0.429. The van der Waals surface area contributed by atoms with Crippen LogP contribution in [0.25, 0.3) is 0 Å². The molecular formula is C14H18N6. The summed E-state index contributed by atoms with van der Waals surface area (Å²) in [5.41, 5.74) is 1.93. The molecule has 0 saturated carbocycles. The third kappa shape index (κ3) is 2.84. The minimum absolute atomic E-state index is 0.619. The van der Waals surface area contributed by atoms with Gasteiger partial charge in [-0.2, -0.15) is 5.10 Å². The third-order valence-corrected chi connectivity index (χ3v) is 3.44. The normalized spacial score (nSPS) is 15.0. The summed E-state index contributed by atoms with van der Waals surface area (Å²) in [6.07, 6.45) is 1.59. The average molecular weight is 270 g/mol. The van der Waals surface area contributed by atoms with Crippen LogP contribution in [0.2, 0.25) is 0 Å². The Hall–Kier alpha value is -2.24. The number of aryl methyl sites for hydroxylation is 2. The topological polar surface area (TPSA) is 66.8 Å². The van der Waals surface area contributed by atoms with Crippen LogP contribution in [0, 0.1) is 19.8 Å². The van der Waals surface area contributed by atoms with E-state index in [1.54, 1.807) is 6.33 Å². The van der Waals surface area contributed by atoms with Crippen molar-refractivity contribution in [3.8, 4) is 0 Å². The molecule has 2 aromatic rings. The number of rotatable bonds is 4. The summed E-state index contributed by atoms with van der Waals surface area (Å²) in [4.78, 5) is 10.5. The Labute approximate surface area is 118 Å². The zero-order chi connectivity index (χ0) is 13.9. The molecule has 3 heterocycles. The van der Waals surface area contributed by atoms with Crippen LogP contribution in [-0.4, -0.2) is 39.8 Å². The van der Waals surface area contributed by atoms with Crippen LogP contribution >= 0.6 is 0 Å². The van der Waals surface area contributed by atoms with Crippen LogP contribution in [-0.2, 0) is 0 Å². The molecule has 2 aromatic heterocycles. The van der Waals surface area contributed by atoms with E-state index in [0.29, 0.717) is 5.92 Å². The van der Waals surface area contributed by atoms with E-state index in [2.05, 4.69) is 30.4 Å². The van der Waals surface area contributed by atoms with Gasteiger partial charge in [-0.3, -0.25) is 0 Å². The fourth-order valence-electron chi connectivity index (χ4n) is 2.25. The molecule has 0 atom stereocenters. The Morgan fingerprint density at radius 3 is 2.70 bits per heavy atom. The smallest absolute Gasteiger partial charge is 0.151 e. The second kappa shape index (κ2) is 5.40. The van der Waals surface area contributed by atoms with Crippen molar-refractivity contribution < 1.29 is 0 Å². The van der Waals surface area contributed by atoms with Crippen LogP contribution in [0.15, 0.2) is 24.5 Å². The molecule has 104 valence electrons. The minimum Gasteiger partial charge on any atom is -0.370 e. The third-order valence-electron chi connectivity index (χ3n) is 3.44. The second-order valence-electron chi connectivity index (χ2n) is 5.23. The summed E-state index contributed by atoms with van der Waals surface area (Å²) < 4.78 is 0. The van der Waals surface area contributed by atoms with Crippen molar-refractivity contribution >= 4 is 11.6 Å². The van der Waals surface area contributed by atoms with Crippen LogP contribution in [0.4, 0.5) is 11.6 Å². The monoisotopic (exact) mass is 270 g/mol. The van der Waals surface area contributed by atoms with Gasteiger partial charge in [-0.15, -0.1) is 5.10 Å². The zero-order valence-corrected chi connectivity index (χ0v) is 11.7.